The van der Waals surface area contributed by atoms with Gasteiger partial charge in [-0.25, -0.2) is 4.79 Å². The number of nitrogens with one attached hydrogen (secondary N) is 2. The van der Waals surface area contributed by atoms with Gasteiger partial charge in [-0.3, -0.25) is 4.79 Å². The lowest BCUT2D eigenvalue weighted by Gasteiger charge is -2.30. The highest BCUT2D eigenvalue weighted by molar-refractivity contribution is 9.10. The molecule has 3 aromatic rings. The van der Waals surface area contributed by atoms with Crippen LogP contribution in [0.3, 0.4) is 0 Å². The van der Waals surface area contributed by atoms with E-state index in [1.54, 1.807) is 42.5 Å². The third kappa shape index (κ3) is 9.54. The van der Waals surface area contributed by atoms with E-state index in [1.807, 2.05) is 45.0 Å². The van der Waals surface area contributed by atoms with Crippen LogP contribution in [0, 0.1) is 11.3 Å². The lowest BCUT2D eigenvalue weighted by molar-refractivity contribution is 0.0488. The quantitative estimate of drug-likeness (QED) is 0.275. The fourth-order valence-corrected chi connectivity index (χ4v) is 4.72. The number of hydrogen-bond donors (Lipinski definition) is 2. The molecule has 2 N–H and O–H groups in total. The number of nitriles is 1. The minimum atomic E-state index is -0.547. The Morgan fingerprint density at radius 3 is 2.10 bits per heavy atom. The van der Waals surface area contributed by atoms with Gasteiger partial charge in [0, 0.05) is 28.2 Å². The van der Waals surface area contributed by atoms with Crippen LogP contribution in [0.25, 0.3) is 0 Å². The van der Waals surface area contributed by atoms with Crippen LogP contribution in [0.4, 0.5) is 4.79 Å². The van der Waals surface area contributed by atoms with Crippen molar-refractivity contribution < 1.29 is 23.8 Å². The molecule has 1 aliphatic carbocycles. The molecule has 8 nitrogen and oxygen atoms in total. The van der Waals surface area contributed by atoms with Crippen LogP contribution in [0.2, 0.25) is 0 Å². The predicted molar refractivity (Wildman–Crippen MR) is 159 cm³/mol. The predicted octanol–water partition coefficient (Wildman–Crippen LogP) is 7.26. The molecular weight excluding hydrogens is 586 g/mol. The largest absolute Gasteiger partial charge is 0.489 e. The molecule has 3 aromatic carbocycles. The zero-order valence-electron chi connectivity index (χ0n) is 23.4. The SMILES string of the molecule is CC(C)(C)OC(=O)NC1CCC(NC(=O)c2cc(OCc3ccc(Br)cc3)cc(Oc3ccc(C#N)cc3)c2)CC1. The molecule has 4 rings (SSSR count). The number of amides is 2. The maximum absolute atomic E-state index is 13.3. The summed E-state index contributed by atoms with van der Waals surface area (Å²) in [6, 6.07) is 21.8. The second-order valence-electron chi connectivity index (χ2n) is 11.0. The standard InChI is InChI=1S/C32H34BrN3O5/c1-32(2,3)41-31(38)36-26-12-10-25(11-13-26)35-30(37)23-16-28(39-20-22-4-8-24(33)9-5-22)18-29(17-23)40-27-14-6-21(19-34)7-15-27/h4-9,14-18,25-26H,10-13,20H2,1-3H3,(H,35,37)(H,36,38). The first-order valence-corrected chi connectivity index (χ1v) is 14.4. The number of halogens is 1. The lowest BCUT2D eigenvalue weighted by Crippen LogP contribution is -2.45. The Morgan fingerprint density at radius 1 is 0.878 bits per heavy atom. The smallest absolute Gasteiger partial charge is 0.407 e. The van der Waals surface area contributed by atoms with Gasteiger partial charge >= 0.3 is 6.09 Å². The van der Waals surface area contributed by atoms with Gasteiger partial charge in [0.1, 0.15) is 29.5 Å². The fraction of sp³-hybridized carbons (Fsp3) is 0.344. The molecule has 0 unspecified atom stereocenters. The second kappa shape index (κ2) is 13.6. The van der Waals surface area contributed by atoms with Gasteiger partial charge in [0.05, 0.1) is 11.6 Å². The summed E-state index contributed by atoms with van der Waals surface area (Å²) in [6.45, 7) is 5.82. The van der Waals surface area contributed by atoms with E-state index in [0.717, 1.165) is 35.7 Å². The number of nitrogens with zero attached hydrogens (tertiary/aromatic N) is 1. The van der Waals surface area contributed by atoms with Crippen molar-refractivity contribution in [3.05, 3.63) is 87.9 Å². The number of benzene rings is 3. The van der Waals surface area contributed by atoms with E-state index in [4.69, 9.17) is 19.5 Å². The number of carbonyl (C=O) groups is 2. The molecule has 0 atom stereocenters. The summed E-state index contributed by atoms with van der Waals surface area (Å²) in [5.41, 5.74) is 1.37. The Bertz CT molecular complexity index is 1390. The van der Waals surface area contributed by atoms with Crippen LogP contribution in [0.15, 0.2) is 71.2 Å². The van der Waals surface area contributed by atoms with E-state index < -0.39 is 11.7 Å². The number of carbonyl (C=O) groups excluding carboxylic acids is 2. The van der Waals surface area contributed by atoms with Crippen molar-refractivity contribution in [3.63, 3.8) is 0 Å². The van der Waals surface area contributed by atoms with E-state index in [0.29, 0.717) is 35.0 Å². The number of ether oxygens (including phenoxy) is 3. The molecular formula is C32H34BrN3O5. The van der Waals surface area contributed by atoms with Gasteiger partial charge in [-0.2, -0.15) is 5.26 Å². The first-order valence-electron chi connectivity index (χ1n) is 13.6. The van der Waals surface area contributed by atoms with Gasteiger partial charge in [-0.1, -0.05) is 28.1 Å². The minimum Gasteiger partial charge on any atom is -0.489 e. The first kappa shape index (κ1) is 29.9. The van der Waals surface area contributed by atoms with Gasteiger partial charge in [0.2, 0.25) is 0 Å². The maximum Gasteiger partial charge on any atom is 0.407 e. The van der Waals surface area contributed by atoms with Crippen LogP contribution in [-0.4, -0.2) is 29.7 Å². The Hall–Kier alpha value is -4.03. The highest BCUT2D eigenvalue weighted by Crippen LogP contribution is 2.29. The zero-order chi connectivity index (χ0) is 29.4. The van der Waals surface area contributed by atoms with Crippen molar-refractivity contribution in [3.8, 4) is 23.3 Å². The van der Waals surface area contributed by atoms with Crippen LogP contribution in [0.1, 0.15) is 67.9 Å². The molecule has 0 aliphatic heterocycles. The molecule has 0 saturated heterocycles. The van der Waals surface area contributed by atoms with Gasteiger partial charge in [0.15, 0.2) is 0 Å². The topological polar surface area (TPSA) is 110 Å². The molecule has 0 aromatic heterocycles. The van der Waals surface area contributed by atoms with Crippen LogP contribution >= 0.6 is 15.9 Å². The average Bonchev–Trinajstić information content (AvgIpc) is 2.93. The zero-order valence-corrected chi connectivity index (χ0v) is 25.0. The Kier molecular flexibility index (Phi) is 9.90. The Morgan fingerprint density at radius 2 is 1.49 bits per heavy atom. The summed E-state index contributed by atoms with van der Waals surface area (Å²) >= 11 is 3.44. The average molecular weight is 621 g/mol. The molecule has 41 heavy (non-hydrogen) atoms. The van der Waals surface area contributed by atoms with Crippen molar-refractivity contribution in [1.29, 1.82) is 5.26 Å². The summed E-state index contributed by atoms with van der Waals surface area (Å²) < 4.78 is 18.4. The summed E-state index contributed by atoms with van der Waals surface area (Å²) in [6.07, 6.45) is 2.54. The molecule has 1 aliphatic rings. The van der Waals surface area contributed by atoms with Crippen molar-refractivity contribution >= 4 is 27.9 Å². The fourth-order valence-electron chi connectivity index (χ4n) is 4.45. The van der Waals surface area contributed by atoms with Gasteiger partial charge in [-0.15, -0.1) is 0 Å². The third-order valence-corrected chi connectivity index (χ3v) is 6.99. The highest BCUT2D eigenvalue weighted by Gasteiger charge is 2.26. The van der Waals surface area contributed by atoms with E-state index >= 15 is 0 Å². The van der Waals surface area contributed by atoms with Gasteiger partial charge < -0.3 is 24.8 Å². The molecule has 0 heterocycles. The van der Waals surface area contributed by atoms with Crippen molar-refractivity contribution in [1.82, 2.24) is 10.6 Å². The molecule has 2 amide bonds. The molecule has 0 radical (unpaired) electrons. The molecule has 1 fully saturated rings. The third-order valence-electron chi connectivity index (χ3n) is 6.46. The molecule has 0 bridgehead atoms. The van der Waals surface area contributed by atoms with E-state index in [9.17, 15) is 9.59 Å². The Balaban J connectivity index is 1.42. The molecule has 9 heteroatoms. The van der Waals surface area contributed by atoms with Crippen LogP contribution < -0.4 is 20.1 Å². The summed E-state index contributed by atoms with van der Waals surface area (Å²) in [5.74, 6) is 1.25. The monoisotopic (exact) mass is 619 g/mol. The summed E-state index contributed by atoms with van der Waals surface area (Å²) in [4.78, 5) is 25.4. The van der Waals surface area contributed by atoms with Crippen molar-refractivity contribution in [2.45, 2.75) is 70.7 Å². The maximum atomic E-state index is 13.3. The first-order chi connectivity index (χ1) is 19.6. The molecule has 0 spiro atoms. The molecule has 1 saturated carbocycles. The Labute approximate surface area is 249 Å². The van der Waals surface area contributed by atoms with Crippen molar-refractivity contribution in [2.24, 2.45) is 0 Å². The van der Waals surface area contributed by atoms with E-state index in [1.165, 1.54) is 0 Å². The molecule has 214 valence electrons. The minimum absolute atomic E-state index is 0.0146. The van der Waals surface area contributed by atoms with E-state index in [-0.39, 0.29) is 18.0 Å². The van der Waals surface area contributed by atoms with Crippen LogP contribution in [0.5, 0.6) is 17.2 Å². The van der Waals surface area contributed by atoms with Gasteiger partial charge in [0.25, 0.3) is 5.91 Å². The van der Waals surface area contributed by atoms with Crippen LogP contribution in [-0.2, 0) is 11.3 Å². The van der Waals surface area contributed by atoms with E-state index in [2.05, 4.69) is 32.6 Å². The normalized spacial score (nSPS) is 16.7. The lowest BCUT2D eigenvalue weighted by atomic mass is 9.91. The van der Waals surface area contributed by atoms with Gasteiger partial charge in [-0.05, 0) is 101 Å². The highest BCUT2D eigenvalue weighted by atomic mass is 79.9. The van der Waals surface area contributed by atoms with Crippen molar-refractivity contribution in [2.75, 3.05) is 0 Å². The summed E-state index contributed by atoms with van der Waals surface area (Å²) in [5, 5.41) is 15.1. The number of alkyl carbamates (subject to hydrolysis) is 1. The number of rotatable bonds is 8. The number of hydrogen-bond acceptors (Lipinski definition) is 6. The summed E-state index contributed by atoms with van der Waals surface area (Å²) in [7, 11) is 0. The second-order valence-corrected chi connectivity index (χ2v) is 11.9.